The molecule has 1 rings (SSSR count). The Hall–Kier alpha value is -1.24. The van der Waals surface area contributed by atoms with Crippen LogP contribution >= 0.6 is 0 Å². The first kappa shape index (κ1) is 13.8. The van der Waals surface area contributed by atoms with Crippen LogP contribution in [0.25, 0.3) is 0 Å². The zero-order chi connectivity index (χ0) is 12.7. The first-order valence-electron chi connectivity index (χ1n) is 6.69. The Bertz CT molecular complexity index is 366. The van der Waals surface area contributed by atoms with Crippen molar-refractivity contribution in [3.63, 3.8) is 0 Å². The smallest absolute Gasteiger partial charge is 0.0435 e. The largest absolute Gasteiger partial charge is 0.348 e. The van der Waals surface area contributed by atoms with E-state index in [-0.39, 0.29) is 0 Å². The number of para-hydroxylation sites is 1. The summed E-state index contributed by atoms with van der Waals surface area (Å²) in [4.78, 5) is 2.34. The third kappa shape index (κ3) is 3.92. The predicted molar refractivity (Wildman–Crippen MR) is 77.5 cm³/mol. The molecule has 1 heteroatoms. The van der Waals surface area contributed by atoms with E-state index in [1.807, 2.05) is 0 Å². The van der Waals surface area contributed by atoms with Gasteiger partial charge in [0.05, 0.1) is 0 Å². The molecule has 0 saturated heterocycles. The summed E-state index contributed by atoms with van der Waals surface area (Å²) in [6.45, 7) is 6.65. The molecule has 0 N–H and O–H groups in total. The van der Waals surface area contributed by atoms with Gasteiger partial charge in [0.1, 0.15) is 0 Å². The lowest BCUT2D eigenvalue weighted by Gasteiger charge is -2.24. The Morgan fingerprint density at radius 3 is 2.47 bits per heavy atom. The number of anilines is 1. The van der Waals surface area contributed by atoms with Crippen molar-refractivity contribution in [1.82, 2.24) is 0 Å². The van der Waals surface area contributed by atoms with Crippen molar-refractivity contribution in [2.24, 2.45) is 0 Å². The van der Waals surface area contributed by atoms with Crippen LogP contribution in [0, 0.1) is 6.92 Å². The highest BCUT2D eigenvalue weighted by Crippen LogP contribution is 2.24. The van der Waals surface area contributed by atoms with Gasteiger partial charge in [-0.2, -0.15) is 0 Å². The molecule has 17 heavy (non-hydrogen) atoms. The standard InChI is InChI=1S/C16H25N/c1-5-7-12-15(10-6-2)17(4)16-13-9-8-11-14(16)3/h8-9,11-13H,5-7,10H2,1-4H3. The average Bonchev–Trinajstić information content (AvgIpc) is 2.34. The lowest BCUT2D eigenvalue weighted by Crippen LogP contribution is -2.17. The second-order valence-corrected chi connectivity index (χ2v) is 4.58. The Morgan fingerprint density at radius 2 is 1.88 bits per heavy atom. The van der Waals surface area contributed by atoms with E-state index in [4.69, 9.17) is 0 Å². The van der Waals surface area contributed by atoms with Crippen molar-refractivity contribution in [1.29, 1.82) is 0 Å². The topological polar surface area (TPSA) is 3.24 Å². The van der Waals surface area contributed by atoms with Crippen LogP contribution in [0.2, 0.25) is 0 Å². The van der Waals surface area contributed by atoms with Gasteiger partial charge in [-0.3, -0.25) is 0 Å². The Balaban J connectivity index is 2.91. The molecule has 0 unspecified atom stereocenters. The maximum Gasteiger partial charge on any atom is 0.0435 e. The number of benzene rings is 1. The number of aryl methyl sites for hydroxylation is 1. The molecule has 94 valence electrons. The summed E-state index contributed by atoms with van der Waals surface area (Å²) in [5, 5.41) is 0. The van der Waals surface area contributed by atoms with Gasteiger partial charge in [0.15, 0.2) is 0 Å². The summed E-state index contributed by atoms with van der Waals surface area (Å²) >= 11 is 0. The molecule has 0 aliphatic carbocycles. The van der Waals surface area contributed by atoms with Gasteiger partial charge in [-0.1, -0.05) is 51.0 Å². The van der Waals surface area contributed by atoms with E-state index in [1.165, 1.54) is 36.2 Å². The summed E-state index contributed by atoms with van der Waals surface area (Å²) in [5.74, 6) is 0. The van der Waals surface area contributed by atoms with Crippen molar-refractivity contribution in [2.45, 2.75) is 46.5 Å². The lowest BCUT2D eigenvalue weighted by molar-refractivity contribution is 0.835. The summed E-state index contributed by atoms with van der Waals surface area (Å²) in [7, 11) is 2.18. The minimum absolute atomic E-state index is 1.16. The predicted octanol–water partition coefficient (Wildman–Crippen LogP) is 4.92. The van der Waals surface area contributed by atoms with Crippen LogP contribution in [0.15, 0.2) is 36.0 Å². The molecule has 0 aliphatic heterocycles. The Kier molecular flexibility index (Phi) is 5.82. The maximum absolute atomic E-state index is 2.38. The summed E-state index contributed by atoms with van der Waals surface area (Å²) in [6, 6.07) is 8.59. The van der Waals surface area contributed by atoms with E-state index >= 15 is 0 Å². The van der Waals surface area contributed by atoms with Crippen molar-refractivity contribution >= 4 is 5.69 Å². The van der Waals surface area contributed by atoms with E-state index in [0.29, 0.717) is 0 Å². The monoisotopic (exact) mass is 231 g/mol. The molecular formula is C16H25N. The molecule has 1 aromatic rings. The fraction of sp³-hybridized carbons (Fsp3) is 0.500. The summed E-state index contributed by atoms with van der Waals surface area (Å²) < 4.78 is 0. The molecule has 0 saturated carbocycles. The molecule has 0 bridgehead atoms. The second-order valence-electron chi connectivity index (χ2n) is 4.58. The zero-order valence-corrected chi connectivity index (χ0v) is 11.7. The van der Waals surface area contributed by atoms with Gasteiger partial charge in [0, 0.05) is 18.4 Å². The highest BCUT2D eigenvalue weighted by atomic mass is 15.1. The lowest BCUT2D eigenvalue weighted by atomic mass is 10.1. The van der Waals surface area contributed by atoms with Crippen molar-refractivity contribution < 1.29 is 0 Å². The fourth-order valence-electron chi connectivity index (χ4n) is 2.07. The Morgan fingerprint density at radius 1 is 1.18 bits per heavy atom. The average molecular weight is 231 g/mol. The number of unbranched alkanes of at least 4 members (excludes halogenated alkanes) is 1. The number of hydrogen-bond acceptors (Lipinski definition) is 1. The van der Waals surface area contributed by atoms with E-state index in [9.17, 15) is 0 Å². The van der Waals surface area contributed by atoms with Gasteiger partial charge in [0.2, 0.25) is 0 Å². The zero-order valence-electron chi connectivity index (χ0n) is 11.7. The Labute approximate surface area is 106 Å². The van der Waals surface area contributed by atoms with E-state index in [2.05, 4.69) is 63.1 Å². The van der Waals surface area contributed by atoms with Crippen LogP contribution in [0.3, 0.4) is 0 Å². The van der Waals surface area contributed by atoms with E-state index in [1.54, 1.807) is 0 Å². The molecule has 0 aromatic heterocycles. The maximum atomic E-state index is 2.38. The van der Waals surface area contributed by atoms with E-state index < -0.39 is 0 Å². The molecule has 1 nitrogen and oxygen atoms in total. The van der Waals surface area contributed by atoms with Gasteiger partial charge in [-0.15, -0.1) is 0 Å². The molecule has 0 spiro atoms. The third-order valence-corrected chi connectivity index (χ3v) is 3.08. The van der Waals surface area contributed by atoms with Gasteiger partial charge >= 0.3 is 0 Å². The highest BCUT2D eigenvalue weighted by Gasteiger charge is 2.07. The summed E-state index contributed by atoms with van der Waals surface area (Å²) in [6.07, 6.45) is 7.13. The van der Waals surface area contributed by atoms with Crippen LogP contribution in [-0.4, -0.2) is 7.05 Å². The fourth-order valence-corrected chi connectivity index (χ4v) is 2.07. The van der Waals surface area contributed by atoms with Crippen LogP contribution in [0.5, 0.6) is 0 Å². The van der Waals surface area contributed by atoms with Crippen LogP contribution in [0.4, 0.5) is 5.69 Å². The molecule has 0 amide bonds. The van der Waals surface area contributed by atoms with Crippen LogP contribution < -0.4 is 4.90 Å². The van der Waals surface area contributed by atoms with Gasteiger partial charge in [-0.05, 0) is 31.4 Å². The molecule has 0 radical (unpaired) electrons. The van der Waals surface area contributed by atoms with Crippen LogP contribution in [-0.2, 0) is 0 Å². The molecule has 0 heterocycles. The molecule has 0 fully saturated rings. The normalized spacial score (nSPS) is 11.6. The number of hydrogen-bond donors (Lipinski definition) is 0. The van der Waals surface area contributed by atoms with Gasteiger partial charge in [0.25, 0.3) is 0 Å². The molecule has 1 aromatic carbocycles. The van der Waals surface area contributed by atoms with Crippen molar-refractivity contribution in [2.75, 3.05) is 11.9 Å². The summed E-state index contributed by atoms with van der Waals surface area (Å²) in [5.41, 5.74) is 4.11. The molecule has 0 aliphatic rings. The minimum Gasteiger partial charge on any atom is -0.348 e. The molecular weight excluding hydrogens is 206 g/mol. The first-order chi connectivity index (χ1) is 8.20. The number of allylic oxidation sites excluding steroid dienone is 2. The van der Waals surface area contributed by atoms with Gasteiger partial charge in [-0.25, -0.2) is 0 Å². The second kappa shape index (κ2) is 7.16. The van der Waals surface area contributed by atoms with Crippen molar-refractivity contribution in [3.05, 3.63) is 41.6 Å². The minimum atomic E-state index is 1.16. The van der Waals surface area contributed by atoms with Gasteiger partial charge < -0.3 is 4.90 Å². The van der Waals surface area contributed by atoms with Crippen molar-refractivity contribution in [3.8, 4) is 0 Å². The quantitative estimate of drug-likeness (QED) is 0.672. The highest BCUT2D eigenvalue weighted by molar-refractivity contribution is 5.56. The first-order valence-corrected chi connectivity index (χ1v) is 6.69. The number of nitrogens with zero attached hydrogens (tertiary/aromatic N) is 1. The van der Waals surface area contributed by atoms with Crippen LogP contribution in [0.1, 0.15) is 45.1 Å². The third-order valence-electron chi connectivity index (χ3n) is 3.08. The number of rotatable bonds is 6. The molecule has 0 atom stereocenters. The van der Waals surface area contributed by atoms with E-state index in [0.717, 1.165) is 6.42 Å². The SMILES string of the molecule is CCCC=C(CCC)N(C)c1ccccc1C.